The molecule has 0 aliphatic heterocycles. The molecule has 30 heavy (non-hydrogen) atoms. The Balaban J connectivity index is 1.83. The second-order valence-corrected chi connectivity index (χ2v) is 7.83. The normalized spacial score (nSPS) is 15.3. The maximum absolute atomic E-state index is 13.5. The van der Waals surface area contributed by atoms with Gasteiger partial charge in [0.2, 0.25) is 17.7 Å². The average molecular weight is 408 g/mol. The highest BCUT2D eigenvalue weighted by Crippen LogP contribution is 2.30. The van der Waals surface area contributed by atoms with E-state index in [1.54, 1.807) is 0 Å². The summed E-state index contributed by atoms with van der Waals surface area (Å²) in [4.78, 5) is 37.1. The summed E-state index contributed by atoms with van der Waals surface area (Å²) in [5, 5.41) is 8.62. The molecule has 2 aromatic carbocycles. The van der Waals surface area contributed by atoms with Gasteiger partial charge in [0.05, 0.1) is 12.6 Å². The Hall–Kier alpha value is -3.15. The van der Waals surface area contributed by atoms with Crippen LogP contribution in [0.5, 0.6) is 0 Å². The molecular formula is C24H29N3O3. The molecule has 0 heterocycles. The van der Waals surface area contributed by atoms with Crippen molar-refractivity contribution in [1.82, 2.24) is 16.0 Å². The number of rotatable bonds is 7. The largest absolute Gasteiger partial charge is 0.347 e. The molecule has 0 saturated heterocycles. The monoisotopic (exact) mass is 407 g/mol. The summed E-state index contributed by atoms with van der Waals surface area (Å²) in [6.07, 6.45) is 3.95. The van der Waals surface area contributed by atoms with Crippen molar-refractivity contribution < 1.29 is 14.4 Å². The lowest BCUT2D eigenvalue weighted by Gasteiger charge is -2.38. The van der Waals surface area contributed by atoms with Crippen LogP contribution >= 0.6 is 0 Å². The smallest absolute Gasteiger partial charge is 0.246 e. The molecule has 0 radical (unpaired) electrons. The van der Waals surface area contributed by atoms with Crippen LogP contribution in [0.4, 0.5) is 0 Å². The van der Waals surface area contributed by atoms with Crippen LogP contribution in [0.15, 0.2) is 60.7 Å². The Morgan fingerprint density at radius 3 is 1.90 bits per heavy atom. The third kappa shape index (κ3) is 5.47. The lowest BCUT2D eigenvalue weighted by Crippen LogP contribution is -2.61. The van der Waals surface area contributed by atoms with Crippen molar-refractivity contribution in [2.24, 2.45) is 0 Å². The minimum absolute atomic E-state index is 0.134. The van der Waals surface area contributed by atoms with Crippen molar-refractivity contribution in [3.63, 3.8) is 0 Å². The van der Waals surface area contributed by atoms with Crippen LogP contribution in [0.3, 0.4) is 0 Å². The van der Waals surface area contributed by atoms with Crippen molar-refractivity contribution in [2.75, 3.05) is 6.54 Å². The van der Waals surface area contributed by atoms with E-state index in [9.17, 15) is 14.4 Å². The molecule has 1 fully saturated rings. The van der Waals surface area contributed by atoms with E-state index < -0.39 is 5.54 Å². The molecule has 0 spiro atoms. The molecule has 158 valence electrons. The summed E-state index contributed by atoms with van der Waals surface area (Å²) in [7, 11) is 0. The van der Waals surface area contributed by atoms with E-state index in [2.05, 4.69) is 16.0 Å². The second-order valence-electron chi connectivity index (χ2n) is 7.83. The number of hydrogen-bond acceptors (Lipinski definition) is 3. The first-order valence-corrected chi connectivity index (χ1v) is 10.5. The van der Waals surface area contributed by atoms with Gasteiger partial charge in [-0.1, -0.05) is 79.9 Å². The summed E-state index contributed by atoms with van der Waals surface area (Å²) < 4.78 is 0. The number of carbonyl (C=O) groups excluding carboxylic acids is 3. The van der Waals surface area contributed by atoms with Gasteiger partial charge in [-0.05, 0) is 24.0 Å². The quantitative estimate of drug-likeness (QED) is 0.660. The minimum atomic E-state index is -0.963. The maximum Gasteiger partial charge on any atom is 0.246 e. The van der Waals surface area contributed by atoms with Gasteiger partial charge in [0.1, 0.15) is 5.54 Å². The molecule has 6 nitrogen and oxygen atoms in total. The molecule has 1 aliphatic carbocycles. The topological polar surface area (TPSA) is 87.3 Å². The Bertz CT molecular complexity index is 822. The zero-order chi connectivity index (χ0) is 21.4. The molecule has 3 amide bonds. The molecule has 3 N–H and O–H groups in total. The van der Waals surface area contributed by atoms with Gasteiger partial charge in [0.25, 0.3) is 0 Å². The maximum atomic E-state index is 13.5. The molecular weight excluding hydrogens is 378 g/mol. The number of nitrogens with one attached hydrogen (secondary N) is 3. The summed E-state index contributed by atoms with van der Waals surface area (Å²) in [6.45, 7) is 1.23. The van der Waals surface area contributed by atoms with Crippen molar-refractivity contribution in [1.29, 1.82) is 0 Å². The fourth-order valence-electron chi connectivity index (χ4n) is 4.00. The predicted octanol–water partition coefficient (Wildman–Crippen LogP) is 2.85. The van der Waals surface area contributed by atoms with Crippen molar-refractivity contribution in [2.45, 2.75) is 50.6 Å². The highest BCUT2D eigenvalue weighted by Gasteiger charge is 2.41. The third-order valence-corrected chi connectivity index (χ3v) is 5.56. The van der Waals surface area contributed by atoms with Gasteiger partial charge in [0, 0.05) is 6.92 Å². The molecule has 0 unspecified atom stereocenters. The van der Waals surface area contributed by atoms with Gasteiger partial charge in [0.15, 0.2) is 0 Å². The van der Waals surface area contributed by atoms with E-state index in [-0.39, 0.29) is 30.3 Å². The minimum Gasteiger partial charge on any atom is -0.347 e. The fourth-order valence-corrected chi connectivity index (χ4v) is 4.00. The standard InChI is InChI=1S/C24H29N3O3/c1-18(28)25-17-21(29)27-24(15-9-4-10-16-24)23(30)26-22(19-11-5-2-6-12-19)20-13-7-3-8-14-20/h2-3,5-8,11-14,22H,4,9-10,15-17H2,1H3,(H,25,28)(H,26,30)(H,27,29). The van der Waals surface area contributed by atoms with Gasteiger partial charge >= 0.3 is 0 Å². The van der Waals surface area contributed by atoms with Crippen molar-refractivity contribution >= 4 is 17.7 Å². The van der Waals surface area contributed by atoms with E-state index >= 15 is 0 Å². The lowest BCUT2D eigenvalue weighted by molar-refractivity contribution is -0.135. The van der Waals surface area contributed by atoms with E-state index in [4.69, 9.17) is 0 Å². The highest BCUT2D eigenvalue weighted by atomic mass is 16.2. The number of benzene rings is 2. The summed E-state index contributed by atoms with van der Waals surface area (Å²) in [5.74, 6) is -0.810. The first-order valence-electron chi connectivity index (χ1n) is 10.5. The summed E-state index contributed by atoms with van der Waals surface area (Å²) in [5.41, 5.74) is 0.996. The van der Waals surface area contributed by atoms with Crippen LogP contribution in [-0.2, 0) is 14.4 Å². The van der Waals surface area contributed by atoms with Crippen LogP contribution < -0.4 is 16.0 Å². The molecule has 1 aliphatic rings. The highest BCUT2D eigenvalue weighted by molar-refractivity contribution is 5.93. The fraction of sp³-hybridized carbons (Fsp3) is 0.375. The van der Waals surface area contributed by atoms with Gasteiger partial charge in [-0.15, -0.1) is 0 Å². The van der Waals surface area contributed by atoms with Gasteiger partial charge in [-0.25, -0.2) is 0 Å². The Labute approximate surface area is 177 Å². The molecule has 2 aromatic rings. The zero-order valence-corrected chi connectivity index (χ0v) is 17.3. The molecule has 0 atom stereocenters. The molecule has 6 heteroatoms. The predicted molar refractivity (Wildman–Crippen MR) is 116 cm³/mol. The van der Waals surface area contributed by atoms with Crippen LogP contribution in [0.1, 0.15) is 56.2 Å². The summed E-state index contributed by atoms with van der Waals surface area (Å²) >= 11 is 0. The Kier molecular flexibility index (Phi) is 7.22. The van der Waals surface area contributed by atoms with Gasteiger partial charge in [-0.2, -0.15) is 0 Å². The number of hydrogen-bond donors (Lipinski definition) is 3. The molecule has 3 rings (SSSR count). The van der Waals surface area contributed by atoms with Crippen molar-refractivity contribution in [3.8, 4) is 0 Å². The molecule has 0 bridgehead atoms. The van der Waals surface area contributed by atoms with Crippen LogP contribution in [0.25, 0.3) is 0 Å². The summed E-state index contributed by atoms with van der Waals surface area (Å²) in [6, 6.07) is 19.3. The first kappa shape index (κ1) is 21.6. The van der Waals surface area contributed by atoms with E-state index in [1.165, 1.54) is 6.92 Å². The molecule has 0 aromatic heterocycles. The zero-order valence-electron chi connectivity index (χ0n) is 17.3. The number of carbonyl (C=O) groups is 3. The van der Waals surface area contributed by atoms with Crippen LogP contribution in [0.2, 0.25) is 0 Å². The first-order chi connectivity index (χ1) is 14.5. The van der Waals surface area contributed by atoms with E-state index in [1.807, 2.05) is 60.7 Å². The average Bonchev–Trinajstić information content (AvgIpc) is 2.77. The second kappa shape index (κ2) is 10.1. The van der Waals surface area contributed by atoms with E-state index in [0.717, 1.165) is 30.4 Å². The van der Waals surface area contributed by atoms with E-state index in [0.29, 0.717) is 12.8 Å². The lowest BCUT2D eigenvalue weighted by atomic mass is 9.80. The van der Waals surface area contributed by atoms with Gasteiger partial charge in [-0.3, -0.25) is 14.4 Å². The van der Waals surface area contributed by atoms with Gasteiger partial charge < -0.3 is 16.0 Å². The Morgan fingerprint density at radius 1 is 0.867 bits per heavy atom. The van der Waals surface area contributed by atoms with Crippen molar-refractivity contribution in [3.05, 3.63) is 71.8 Å². The Morgan fingerprint density at radius 2 is 1.40 bits per heavy atom. The molecule has 1 saturated carbocycles. The number of amides is 3. The SMILES string of the molecule is CC(=O)NCC(=O)NC1(C(=O)NC(c2ccccc2)c2ccccc2)CCCCC1. The van der Waals surface area contributed by atoms with Crippen LogP contribution in [-0.4, -0.2) is 29.8 Å². The third-order valence-electron chi connectivity index (χ3n) is 5.56. The van der Waals surface area contributed by atoms with Crippen LogP contribution in [0, 0.1) is 0 Å².